The monoisotopic (exact) mass is 2130 g/mol. The molecule has 53 nitrogen and oxygen atoms in total. The Kier molecular flexibility index (Phi) is 54.9. The van der Waals surface area contributed by atoms with Crippen LogP contribution >= 0.6 is 24.4 Å². The van der Waals surface area contributed by atoms with E-state index in [1.807, 2.05) is 5.32 Å². The number of carbonyl (C=O) groups excluding carboxylic acids is 19. The van der Waals surface area contributed by atoms with Crippen molar-refractivity contribution in [1.82, 2.24) is 101 Å². The SMILES string of the molecule is CSCC[C@H](N)C(=O)N[C@H](C(=O)N[C@@H](CO)C(=O)N[C@@H](CC(C)C)C(=O)N[C@H](C(=O)N[C@@H](C)C(=O)N[C@@H](C)C(=O)N[C@@H](CC(=O)O)C(=O)N[C@H](C(=O)N[C@@H](C)C(=O)N[C@H](C(=O)N[C@@H](Cc1ccc(O)cc1)C(=O)N[C@@H](Cc1ccccc1)C(=O)N[C@@H](CS)C(=O)N[C@@H](C)C(=O)N[C@@H](CO)C(=O)N[C@@H](CC(C)C)C(=O)N[C@@H](Cc1ccc(O)cc1)C(=O)N[C@H](C(=O)N[C@H](C(=O)O)[C@@H](C)O)[C@@H](C)O)[C@@H](C)O)[C@@H](C)O)[C@@H](C)O)[C@@H](C)O. The largest absolute Gasteiger partial charge is 0.508 e. The lowest BCUT2D eigenvalue weighted by atomic mass is 10.00. The molecule has 3 rings (SSSR count). The number of phenols is 2. The van der Waals surface area contributed by atoms with Crippen LogP contribution in [0.15, 0.2) is 78.9 Å². The van der Waals surface area contributed by atoms with Crippen molar-refractivity contribution in [2.75, 3.05) is 31.0 Å². The summed E-state index contributed by atoms with van der Waals surface area (Å²) in [7, 11) is 0. The zero-order chi connectivity index (χ0) is 112. The minimum atomic E-state index is -2.12. The minimum absolute atomic E-state index is 0.150. The molecule has 0 aliphatic heterocycles. The summed E-state index contributed by atoms with van der Waals surface area (Å²) >= 11 is 5.66. The van der Waals surface area contributed by atoms with Crippen LogP contribution in [0.4, 0.5) is 0 Å². The molecule has 0 unspecified atom stereocenters. The van der Waals surface area contributed by atoms with Crippen molar-refractivity contribution in [2.24, 2.45) is 17.6 Å². The van der Waals surface area contributed by atoms with Gasteiger partial charge in [-0.2, -0.15) is 24.4 Å². The molecule has 0 aliphatic rings. The van der Waals surface area contributed by atoms with Crippen molar-refractivity contribution in [3.63, 3.8) is 0 Å². The standard InChI is InChI=1S/C93H142N20O33S2/c1-40(2)31-58(79(131)103-62(35-54-23-27-56(123)28-24-54)83(135)112-72(50(13)120)92(144)113-73(51(14)121)93(145)146)100-85(137)64(37-114)105-76(128)44(7)96-87(139)66(39-147)107-81(133)60(33-52-19-17-16-18-20-52)102-80(132)61(34-53-21-25-55(122)26-22-53)104-90(142)70(48(11)118)108-77(129)45(8)98-89(141)69(47(10)117)111-84(136)63(36-67(124)125)99-75(127)43(6)95-74(126)42(5)97-88(140)68(46(9)116)110-82(134)59(32-41(3)4)101-86(138)65(38-115)106-91(143)71(49(12)119)109-78(130)57(94)29-30-148-15/h16-28,40-51,57-66,68-73,114-123,147H,29-39,94H2,1-15H3,(H,95,126)(H,96,139)(H,97,140)(H,98,141)(H,99,127)(H,100,137)(H,101,138)(H,102,132)(H,103,131)(H,104,142)(H,105,128)(H,106,143)(H,107,133)(H,108,129)(H,109,130)(H,110,134)(H,111,136)(H,112,135)(H,113,144)(H,124,125)(H,145,146)/t42-,43-,44-,45-,46+,47+,48+,49+,50+,51+,57-,58-,59-,60-,61-,62-,63-,64-,65-,66-,68-,69-,70-,71-,72-,73-/m0/s1. The Morgan fingerprint density at radius 3 is 0.865 bits per heavy atom. The zero-order valence-electron chi connectivity index (χ0n) is 84.3. The van der Waals surface area contributed by atoms with E-state index in [1.165, 1.54) is 67.2 Å². The molecule has 0 saturated heterocycles. The van der Waals surface area contributed by atoms with Crippen LogP contribution in [-0.4, -0.2) is 374 Å². The van der Waals surface area contributed by atoms with E-state index in [2.05, 4.69) is 108 Å². The molecule has 19 amide bonds. The number of carbonyl (C=O) groups is 21. The van der Waals surface area contributed by atoms with E-state index in [-0.39, 0.29) is 55.1 Å². The lowest BCUT2D eigenvalue weighted by Gasteiger charge is -2.29. The maximum atomic E-state index is 14.8. The summed E-state index contributed by atoms with van der Waals surface area (Å²) in [6.45, 7) is 15.1. The number of nitrogens with two attached hydrogens (primary N) is 1. The molecule has 0 aromatic heterocycles. The molecule has 824 valence electrons. The number of rotatable bonds is 63. The quantitative estimate of drug-likeness (QED) is 0.0233. The van der Waals surface area contributed by atoms with E-state index in [4.69, 9.17) is 5.73 Å². The number of hydrogen-bond acceptors (Lipinski definition) is 34. The predicted molar refractivity (Wildman–Crippen MR) is 531 cm³/mol. The highest BCUT2D eigenvalue weighted by molar-refractivity contribution is 7.98. The molecule has 26 atom stereocenters. The Morgan fingerprint density at radius 2 is 0.527 bits per heavy atom. The summed E-state index contributed by atoms with van der Waals surface area (Å²) in [4.78, 5) is 288. The maximum absolute atomic E-state index is 14.8. The van der Waals surface area contributed by atoms with E-state index < -0.39 is 319 Å². The van der Waals surface area contributed by atoms with Gasteiger partial charge in [-0.1, -0.05) is 82.3 Å². The van der Waals surface area contributed by atoms with Crippen molar-refractivity contribution >= 4 is 149 Å². The molecule has 0 fully saturated rings. The molecule has 0 aliphatic carbocycles. The van der Waals surface area contributed by atoms with Crippen molar-refractivity contribution in [3.05, 3.63) is 95.6 Å². The number of thioether (sulfide) groups is 1. The molecular formula is C93H142N20O33S2. The highest BCUT2D eigenvalue weighted by Gasteiger charge is 2.43. The van der Waals surface area contributed by atoms with Gasteiger partial charge in [0.15, 0.2) is 6.04 Å². The fourth-order valence-corrected chi connectivity index (χ4v) is 14.7. The molecule has 0 bridgehead atoms. The normalized spacial score (nSPS) is 16.6. The molecule has 3 aromatic rings. The van der Waals surface area contributed by atoms with Crippen molar-refractivity contribution in [1.29, 1.82) is 0 Å². The van der Waals surface area contributed by atoms with Gasteiger partial charge < -0.3 is 168 Å². The Hall–Kier alpha value is -13.5. The van der Waals surface area contributed by atoms with E-state index in [1.54, 1.807) is 64.3 Å². The van der Waals surface area contributed by atoms with Crippen molar-refractivity contribution in [3.8, 4) is 11.5 Å². The number of aliphatic hydroxyl groups excluding tert-OH is 8. The fourth-order valence-electron chi connectivity index (χ4n) is 13.9. The number of nitrogens with one attached hydrogen (secondary N) is 19. The zero-order valence-corrected chi connectivity index (χ0v) is 86.0. The lowest BCUT2D eigenvalue weighted by molar-refractivity contribution is -0.146. The third kappa shape index (κ3) is 43.9. The van der Waals surface area contributed by atoms with Crippen LogP contribution in [0.3, 0.4) is 0 Å². The number of carboxylic acids is 2. The first kappa shape index (κ1) is 129. The van der Waals surface area contributed by atoms with E-state index >= 15 is 0 Å². The Balaban J connectivity index is 1.81. The number of aliphatic hydroxyl groups is 8. The molecule has 0 saturated carbocycles. The van der Waals surface area contributed by atoms with Crippen molar-refractivity contribution < 1.29 is 162 Å². The van der Waals surface area contributed by atoms with Gasteiger partial charge in [0, 0.05) is 25.0 Å². The summed E-state index contributed by atoms with van der Waals surface area (Å²) in [5, 5.41) is 167. The van der Waals surface area contributed by atoms with Crippen LogP contribution in [0.2, 0.25) is 0 Å². The van der Waals surface area contributed by atoms with Gasteiger partial charge in [-0.25, -0.2) is 4.79 Å². The summed E-state index contributed by atoms with van der Waals surface area (Å²) in [5.74, 6) is -26.7. The van der Waals surface area contributed by atoms with E-state index in [0.29, 0.717) is 16.9 Å². The smallest absolute Gasteiger partial charge is 0.328 e. The second-order valence-corrected chi connectivity index (χ2v) is 37.7. The molecule has 55 heteroatoms. The molecular weight excluding hydrogens is 1990 g/mol. The molecule has 33 N–H and O–H groups in total. The molecule has 0 heterocycles. The van der Waals surface area contributed by atoms with Crippen LogP contribution in [0.5, 0.6) is 11.5 Å². The summed E-state index contributed by atoms with van der Waals surface area (Å²) in [6.07, 6.45) is -11.1. The number of benzene rings is 3. The lowest BCUT2D eigenvalue weighted by Crippen LogP contribution is -2.63. The van der Waals surface area contributed by atoms with Crippen molar-refractivity contribution in [2.45, 2.75) is 299 Å². The average molecular weight is 2130 g/mol. The van der Waals surface area contributed by atoms with Crippen LogP contribution in [0.1, 0.15) is 139 Å². The Bertz CT molecular complexity index is 5010. The average Bonchev–Trinajstić information content (AvgIpc) is 0.838. The van der Waals surface area contributed by atoms with Crippen LogP contribution < -0.4 is 107 Å². The first-order valence-corrected chi connectivity index (χ1v) is 49.2. The third-order valence-electron chi connectivity index (χ3n) is 22.4. The number of aliphatic carboxylic acids is 2. The number of amides is 19. The van der Waals surface area contributed by atoms with Gasteiger partial charge in [0.05, 0.1) is 62.3 Å². The Labute approximate surface area is 862 Å². The fraction of sp³-hybridized carbons (Fsp3) is 0.581. The first-order valence-electron chi connectivity index (χ1n) is 47.2. The van der Waals surface area contributed by atoms with E-state index in [0.717, 1.165) is 62.3 Å². The number of carboxylic acid groups (broad SMARTS) is 2. The number of aromatic hydroxyl groups is 2. The van der Waals surface area contributed by atoms with Gasteiger partial charge in [0.25, 0.3) is 0 Å². The third-order valence-corrected chi connectivity index (χ3v) is 23.4. The highest BCUT2D eigenvalue weighted by Crippen LogP contribution is 2.19. The first-order chi connectivity index (χ1) is 69.2. The van der Waals surface area contributed by atoms with Crippen LogP contribution in [0.25, 0.3) is 0 Å². The van der Waals surface area contributed by atoms with Gasteiger partial charge >= 0.3 is 11.9 Å². The summed E-state index contributed by atoms with van der Waals surface area (Å²) in [6, 6.07) is -16.5. The highest BCUT2D eigenvalue weighted by atomic mass is 32.2. The number of phenolic OH excluding ortho intramolecular Hbond substituents is 2. The second kappa shape index (κ2) is 63.2. The van der Waals surface area contributed by atoms with Crippen LogP contribution in [-0.2, 0) is 120 Å². The van der Waals surface area contributed by atoms with E-state index in [9.17, 15) is 162 Å². The molecule has 0 radical (unpaired) electrons. The van der Waals surface area contributed by atoms with Gasteiger partial charge in [0.1, 0.15) is 120 Å². The van der Waals surface area contributed by atoms with Gasteiger partial charge in [-0.05, 0) is 153 Å². The maximum Gasteiger partial charge on any atom is 0.328 e. The number of thiol groups is 1. The summed E-state index contributed by atoms with van der Waals surface area (Å²) in [5.41, 5.74) is 6.88. The number of hydrogen-bond donors (Lipinski definition) is 33. The molecule has 0 spiro atoms. The van der Waals surface area contributed by atoms with Gasteiger partial charge in [-0.15, -0.1) is 0 Å². The molecule has 3 aromatic carbocycles. The topological polar surface area (TPSA) is 856 Å². The molecule has 148 heavy (non-hydrogen) atoms. The van der Waals surface area contributed by atoms with Crippen LogP contribution in [0, 0.1) is 11.8 Å². The van der Waals surface area contributed by atoms with Gasteiger partial charge in [-0.3, -0.25) is 95.9 Å². The van der Waals surface area contributed by atoms with Gasteiger partial charge in [0.2, 0.25) is 112 Å². The minimum Gasteiger partial charge on any atom is -0.508 e. The summed E-state index contributed by atoms with van der Waals surface area (Å²) < 4.78 is 0. The Morgan fingerprint density at radius 1 is 0.291 bits per heavy atom. The second-order valence-electron chi connectivity index (χ2n) is 36.4. The predicted octanol–water partition coefficient (Wildman–Crippen LogP) is -10.7.